The van der Waals surface area contributed by atoms with Crippen molar-refractivity contribution in [3.63, 3.8) is 0 Å². The molecule has 0 aliphatic carbocycles. The number of hydroxylamine groups is 1. The molecule has 0 bridgehead atoms. The highest BCUT2D eigenvalue weighted by Crippen LogP contribution is 2.24. The lowest BCUT2D eigenvalue weighted by Gasteiger charge is -2.28. The molecule has 0 saturated carbocycles. The summed E-state index contributed by atoms with van der Waals surface area (Å²) in [5.41, 5.74) is 3.76. The smallest absolute Gasteiger partial charge is 0.264 e. The van der Waals surface area contributed by atoms with Gasteiger partial charge in [0.2, 0.25) is 0 Å². The van der Waals surface area contributed by atoms with Gasteiger partial charge in [0.05, 0.1) is 5.52 Å². The number of fused-ring (bicyclic) bond motifs is 1. The summed E-state index contributed by atoms with van der Waals surface area (Å²) in [5.74, 6) is 1.85. The van der Waals surface area contributed by atoms with Crippen LogP contribution in [0.2, 0.25) is 0 Å². The van der Waals surface area contributed by atoms with Crippen LogP contribution in [0.1, 0.15) is 38.2 Å². The van der Waals surface area contributed by atoms with Crippen molar-refractivity contribution in [2.24, 2.45) is 0 Å². The summed E-state index contributed by atoms with van der Waals surface area (Å²) in [6.45, 7) is 2.18. The first-order valence-electron chi connectivity index (χ1n) is 9.44. The summed E-state index contributed by atoms with van der Waals surface area (Å²) < 4.78 is 30.2. The zero-order chi connectivity index (χ0) is 21.1. The van der Waals surface area contributed by atoms with Gasteiger partial charge in [-0.2, -0.15) is 5.10 Å². The molecule has 9 heteroatoms. The van der Waals surface area contributed by atoms with Crippen LogP contribution in [0.25, 0.3) is 10.9 Å². The third-order valence-corrected chi connectivity index (χ3v) is 7.28. The molecule has 8 nitrogen and oxygen atoms in total. The number of benzene rings is 1. The quantitative estimate of drug-likeness (QED) is 0.543. The van der Waals surface area contributed by atoms with Gasteiger partial charge in [-0.05, 0) is 44.4 Å². The van der Waals surface area contributed by atoms with Gasteiger partial charge in [-0.1, -0.05) is 5.92 Å². The second-order valence-electron chi connectivity index (χ2n) is 7.41. The van der Waals surface area contributed by atoms with Gasteiger partial charge >= 0.3 is 0 Å². The number of carbonyl (C=O) groups excluding carboxylic acids is 1. The van der Waals surface area contributed by atoms with Crippen LogP contribution in [0, 0.1) is 12.3 Å². The number of amides is 1. The minimum atomic E-state index is -3.73. The maximum absolute atomic E-state index is 12.7. The van der Waals surface area contributed by atoms with E-state index in [1.165, 1.54) is 6.92 Å². The van der Waals surface area contributed by atoms with Crippen molar-refractivity contribution < 1.29 is 22.8 Å². The Balaban J connectivity index is 1.71. The number of sulfone groups is 1. The molecule has 1 fully saturated rings. The van der Waals surface area contributed by atoms with Crippen molar-refractivity contribution in [3.8, 4) is 12.3 Å². The number of rotatable bonds is 7. The summed E-state index contributed by atoms with van der Waals surface area (Å²) in [7, 11) is -3.73. The minimum absolute atomic E-state index is 0.0303. The van der Waals surface area contributed by atoms with Crippen LogP contribution in [-0.4, -0.2) is 48.0 Å². The van der Waals surface area contributed by atoms with Gasteiger partial charge in [-0.15, -0.1) is 6.42 Å². The van der Waals surface area contributed by atoms with E-state index < -0.39 is 26.8 Å². The fraction of sp³-hybridized carbons (Fsp3) is 0.500. The van der Waals surface area contributed by atoms with E-state index in [-0.39, 0.29) is 13.0 Å². The molecule has 1 aliphatic heterocycles. The van der Waals surface area contributed by atoms with Crippen LogP contribution in [0.3, 0.4) is 0 Å². The van der Waals surface area contributed by atoms with Crippen molar-refractivity contribution >= 4 is 26.6 Å². The van der Waals surface area contributed by atoms with Crippen molar-refractivity contribution in [2.45, 2.75) is 50.2 Å². The molecule has 1 saturated heterocycles. The lowest BCUT2D eigenvalue weighted by atomic mass is 10.1. The van der Waals surface area contributed by atoms with Crippen LogP contribution >= 0.6 is 0 Å². The molecule has 1 aromatic carbocycles. The summed E-state index contributed by atoms with van der Waals surface area (Å²) in [6, 6.07) is 5.43. The Morgan fingerprint density at radius 3 is 2.93 bits per heavy atom. The molecule has 0 spiro atoms. The topological polar surface area (TPSA) is 99.5 Å². The predicted molar refractivity (Wildman–Crippen MR) is 108 cm³/mol. The van der Waals surface area contributed by atoms with Crippen LogP contribution in [-0.2, 0) is 30.8 Å². The van der Waals surface area contributed by atoms with E-state index in [4.69, 9.17) is 16.0 Å². The van der Waals surface area contributed by atoms with Crippen LogP contribution in [0.15, 0.2) is 24.4 Å². The van der Waals surface area contributed by atoms with Crippen LogP contribution in [0.5, 0.6) is 0 Å². The predicted octanol–water partition coefficient (Wildman–Crippen LogP) is 1.79. The summed E-state index contributed by atoms with van der Waals surface area (Å²) in [5, 5.41) is 5.27. The Morgan fingerprint density at radius 1 is 1.48 bits per heavy atom. The molecule has 1 aliphatic rings. The normalized spacial score (nSPS) is 19.4. The highest BCUT2D eigenvalue weighted by molar-refractivity contribution is 7.92. The Morgan fingerprint density at radius 2 is 2.28 bits per heavy atom. The number of nitrogens with one attached hydrogen (secondary N) is 1. The van der Waals surface area contributed by atoms with Crippen molar-refractivity contribution in [1.29, 1.82) is 0 Å². The van der Waals surface area contributed by atoms with E-state index in [1.807, 2.05) is 12.1 Å². The van der Waals surface area contributed by atoms with E-state index >= 15 is 0 Å². The minimum Gasteiger partial charge on any atom is -0.350 e. The van der Waals surface area contributed by atoms with Crippen molar-refractivity contribution in [3.05, 3.63) is 30.0 Å². The molecule has 156 valence electrons. The molecule has 2 aromatic rings. The van der Waals surface area contributed by atoms with Gasteiger partial charge in [0.25, 0.3) is 5.91 Å². The summed E-state index contributed by atoms with van der Waals surface area (Å²) in [4.78, 5) is 18.0. The van der Waals surface area contributed by atoms with Gasteiger partial charge in [-0.3, -0.25) is 9.48 Å². The fourth-order valence-electron chi connectivity index (χ4n) is 3.11. The van der Waals surface area contributed by atoms with Gasteiger partial charge in [0, 0.05) is 43.0 Å². The number of nitrogens with zero attached hydrogens (tertiary/aromatic N) is 2. The average Bonchev–Trinajstić information content (AvgIpc) is 3.12. The standard InChI is InChI=1S/C20H25N3O5S/c1-4-15-8-9-17-16(13-15)14-23(21-17)11-10-20(2,29(3,25)26)19(24)22-28-18-7-5-6-12-27-18/h1,8-9,13-14,18H,5-7,10-12H2,2-3H3,(H,22,24)/t18?,20-/m1/s1. The Labute approximate surface area is 170 Å². The summed E-state index contributed by atoms with van der Waals surface area (Å²) in [6.07, 6.45) is 10.2. The van der Waals surface area contributed by atoms with Crippen LogP contribution in [0.4, 0.5) is 0 Å². The SMILES string of the molecule is C#Cc1ccc2nn(CC[C@](C)(C(=O)NOC3CCCCO3)S(C)(=O)=O)cc2c1. The number of terminal acetylenes is 1. The number of aryl methyl sites for hydroxylation is 1. The van der Waals surface area contributed by atoms with Gasteiger partial charge in [0.15, 0.2) is 20.9 Å². The Hall–Kier alpha value is -2.41. The average molecular weight is 420 g/mol. The monoisotopic (exact) mass is 419 g/mol. The van der Waals surface area contributed by atoms with E-state index in [0.29, 0.717) is 13.0 Å². The molecule has 3 rings (SSSR count). The molecule has 2 atom stereocenters. The Bertz CT molecular complexity index is 1030. The lowest BCUT2D eigenvalue weighted by molar-refractivity contribution is -0.201. The van der Waals surface area contributed by atoms with Gasteiger partial charge in [0.1, 0.15) is 0 Å². The van der Waals surface area contributed by atoms with Crippen molar-refractivity contribution in [2.75, 3.05) is 12.9 Å². The summed E-state index contributed by atoms with van der Waals surface area (Å²) >= 11 is 0. The number of carbonyl (C=O) groups is 1. The third kappa shape index (κ3) is 4.78. The fourth-order valence-corrected chi connectivity index (χ4v) is 3.95. The zero-order valence-corrected chi connectivity index (χ0v) is 17.4. The molecule has 1 unspecified atom stereocenters. The molecule has 1 amide bonds. The number of hydrogen-bond acceptors (Lipinski definition) is 6. The molecular weight excluding hydrogens is 394 g/mol. The van der Waals surface area contributed by atoms with Gasteiger partial charge < -0.3 is 4.74 Å². The molecule has 0 radical (unpaired) electrons. The first-order chi connectivity index (χ1) is 13.7. The number of ether oxygens (including phenoxy) is 1. The Kier molecular flexibility index (Phi) is 6.27. The first-order valence-corrected chi connectivity index (χ1v) is 11.3. The first kappa shape index (κ1) is 21.3. The van der Waals surface area contributed by atoms with E-state index in [2.05, 4.69) is 16.5 Å². The van der Waals surface area contributed by atoms with E-state index in [0.717, 1.165) is 35.6 Å². The largest absolute Gasteiger partial charge is 0.350 e. The third-order valence-electron chi connectivity index (χ3n) is 5.26. The van der Waals surface area contributed by atoms with Crippen molar-refractivity contribution in [1.82, 2.24) is 15.3 Å². The maximum Gasteiger partial charge on any atom is 0.264 e. The number of aromatic nitrogens is 2. The van der Waals surface area contributed by atoms with E-state index in [1.54, 1.807) is 16.9 Å². The molecule has 1 N–H and O–H groups in total. The molecule has 1 aromatic heterocycles. The highest BCUT2D eigenvalue weighted by Gasteiger charge is 2.44. The van der Waals surface area contributed by atoms with Crippen LogP contribution < -0.4 is 5.48 Å². The van der Waals surface area contributed by atoms with Gasteiger partial charge in [-0.25, -0.2) is 18.7 Å². The molecular formula is C20H25N3O5S. The highest BCUT2D eigenvalue weighted by atomic mass is 32.2. The lowest BCUT2D eigenvalue weighted by Crippen LogP contribution is -2.51. The zero-order valence-electron chi connectivity index (χ0n) is 16.6. The maximum atomic E-state index is 12.7. The molecule has 2 heterocycles. The second kappa shape index (κ2) is 8.53. The number of hydrogen-bond donors (Lipinski definition) is 1. The molecule has 29 heavy (non-hydrogen) atoms. The van der Waals surface area contributed by atoms with E-state index in [9.17, 15) is 13.2 Å². The second-order valence-corrected chi connectivity index (χ2v) is 9.85.